The molecular weight excluding hydrogens is 307 g/mol. The average molecular weight is 325 g/mol. The van der Waals surface area contributed by atoms with Gasteiger partial charge in [-0.1, -0.05) is 35.3 Å². The maximum Gasteiger partial charge on any atom is 0.122 e. The highest BCUT2D eigenvalue weighted by atomic mass is 35.5. The predicted molar refractivity (Wildman–Crippen MR) is 88.0 cm³/mol. The van der Waals surface area contributed by atoms with Gasteiger partial charge in [-0.25, -0.2) is 0 Å². The Bertz CT molecular complexity index is 632. The minimum Gasteiger partial charge on any atom is -0.496 e. The highest BCUT2D eigenvalue weighted by Crippen LogP contribution is 2.29. The molecule has 2 aromatic rings. The van der Waals surface area contributed by atoms with Crippen molar-refractivity contribution in [1.82, 2.24) is 5.43 Å². The minimum atomic E-state index is -0.0736. The smallest absolute Gasteiger partial charge is 0.122 e. The maximum absolute atomic E-state index is 6.19. The van der Waals surface area contributed by atoms with Crippen molar-refractivity contribution in [2.75, 3.05) is 7.11 Å². The van der Waals surface area contributed by atoms with Gasteiger partial charge < -0.3 is 4.74 Å². The number of halogens is 2. The number of nitrogens with two attached hydrogens (primary N) is 1. The highest BCUT2D eigenvalue weighted by molar-refractivity contribution is 6.31. The van der Waals surface area contributed by atoms with Gasteiger partial charge in [-0.2, -0.15) is 0 Å². The molecule has 2 rings (SSSR count). The lowest BCUT2D eigenvalue weighted by molar-refractivity contribution is 0.405. The number of nitrogens with one attached hydrogen (secondary N) is 1. The van der Waals surface area contributed by atoms with Crippen molar-refractivity contribution >= 4 is 23.2 Å². The number of ether oxygens (including phenoxy) is 1. The molecule has 0 fully saturated rings. The van der Waals surface area contributed by atoms with E-state index in [1.165, 1.54) is 0 Å². The van der Waals surface area contributed by atoms with Crippen LogP contribution < -0.4 is 16.0 Å². The molecule has 0 aliphatic carbocycles. The van der Waals surface area contributed by atoms with Gasteiger partial charge in [0.2, 0.25) is 0 Å². The Morgan fingerprint density at radius 2 is 1.95 bits per heavy atom. The largest absolute Gasteiger partial charge is 0.496 e. The molecule has 3 N–H and O–H groups in total. The standard InChI is InChI=1S/C16H18Cl2N2O/c1-10-3-4-11(8-14(10)18)15(20-19)9-12-7-13(17)5-6-16(12)21-2/h3-8,15,20H,9,19H2,1-2H3. The zero-order valence-electron chi connectivity index (χ0n) is 12.0. The first-order chi connectivity index (χ1) is 10.0. The molecule has 0 radical (unpaired) electrons. The van der Waals surface area contributed by atoms with Crippen molar-refractivity contribution in [1.29, 1.82) is 0 Å². The fourth-order valence-corrected chi connectivity index (χ4v) is 2.61. The van der Waals surface area contributed by atoms with E-state index in [0.29, 0.717) is 11.4 Å². The Morgan fingerprint density at radius 1 is 1.19 bits per heavy atom. The Hall–Kier alpha value is -1.26. The van der Waals surface area contributed by atoms with Gasteiger partial charge in [0.05, 0.1) is 13.2 Å². The molecule has 2 aromatic carbocycles. The van der Waals surface area contributed by atoms with Crippen LogP contribution in [0, 0.1) is 6.92 Å². The van der Waals surface area contributed by atoms with Crippen molar-refractivity contribution in [3.8, 4) is 5.75 Å². The van der Waals surface area contributed by atoms with E-state index in [1.807, 2.05) is 37.3 Å². The monoisotopic (exact) mass is 324 g/mol. The lowest BCUT2D eigenvalue weighted by Gasteiger charge is -2.19. The lowest BCUT2D eigenvalue weighted by atomic mass is 9.98. The quantitative estimate of drug-likeness (QED) is 0.644. The first-order valence-corrected chi connectivity index (χ1v) is 7.35. The summed E-state index contributed by atoms with van der Waals surface area (Å²) in [6, 6.07) is 11.4. The molecule has 0 aliphatic heterocycles. The molecule has 0 bridgehead atoms. The van der Waals surface area contributed by atoms with Crippen LogP contribution >= 0.6 is 23.2 Å². The molecule has 0 saturated carbocycles. The number of hydrogen-bond donors (Lipinski definition) is 2. The highest BCUT2D eigenvalue weighted by Gasteiger charge is 2.15. The van der Waals surface area contributed by atoms with E-state index in [2.05, 4.69) is 5.43 Å². The average Bonchev–Trinajstić information content (AvgIpc) is 2.48. The van der Waals surface area contributed by atoms with Crippen molar-refractivity contribution in [2.45, 2.75) is 19.4 Å². The van der Waals surface area contributed by atoms with Gasteiger partial charge in [-0.15, -0.1) is 0 Å². The van der Waals surface area contributed by atoms with Crippen LogP contribution in [0.25, 0.3) is 0 Å². The fourth-order valence-electron chi connectivity index (χ4n) is 2.23. The summed E-state index contributed by atoms with van der Waals surface area (Å²) in [5, 5.41) is 1.40. The van der Waals surface area contributed by atoms with E-state index in [4.69, 9.17) is 33.8 Å². The van der Waals surface area contributed by atoms with Gasteiger partial charge in [0.25, 0.3) is 0 Å². The summed E-state index contributed by atoms with van der Waals surface area (Å²) in [7, 11) is 1.64. The second-order valence-corrected chi connectivity index (χ2v) is 5.73. The second-order valence-electron chi connectivity index (χ2n) is 4.89. The zero-order valence-corrected chi connectivity index (χ0v) is 13.5. The SMILES string of the molecule is COc1ccc(Cl)cc1CC(NN)c1ccc(C)c(Cl)c1. The molecule has 0 spiro atoms. The van der Waals surface area contributed by atoms with Crippen molar-refractivity contribution in [2.24, 2.45) is 5.84 Å². The summed E-state index contributed by atoms with van der Waals surface area (Å²) in [5.74, 6) is 6.49. The molecule has 0 saturated heterocycles. The van der Waals surface area contributed by atoms with E-state index in [-0.39, 0.29) is 6.04 Å². The first-order valence-electron chi connectivity index (χ1n) is 6.59. The zero-order chi connectivity index (χ0) is 15.4. The fraction of sp³-hybridized carbons (Fsp3) is 0.250. The topological polar surface area (TPSA) is 47.3 Å². The molecule has 0 aliphatic rings. The Balaban J connectivity index is 2.30. The normalized spacial score (nSPS) is 12.2. The van der Waals surface area contributed by atoms with E-state index in [0.717, 1.165) is 27.5 Å². The van der Waals surface area contributed by atoms with Gasteiger partial charge >= 0.3 is 0 Å². The third-order valence-electron chi connectivity index (χ3n) is 3.47. The van der Waals surface area contributed by atoms with E-state index >= 15 is 0 Å². The number of methoxy groups -OCH3 is 1. The van der Waals surface area contributed by atoms with Crippen LogP contribution in [-0.4, -0.2) is 7.11 Å². The van der Waals surface area contributed by atoms with Crippen LogP contribution in [0.1, 0.15) is 22.7 Å². The van der Waals surface area contributed by atoms with Crippen LogP contribution in [-0.2, 0) is 6.42 Å². The predicted octanol–water partition coefficient (Wildman–Crippen LogP) is 4.06. The molecule has 1 unspecified atom stereocenters. The second kappa shape index (κ2) is 7.14. The molecule has 3 nitrogen and oxygen atoms in total. The summed E-state index contributed by atoms with van der Waals surface area (Å²) in [5.41, 5.74) is 5.88. The van der Waals surface area contributed by atoms with Gasteiger partial charge in [0.15, 0.2) is 0 Å². The van der Waals surface area contributed by atoms with Crippen molar-refractivity contribution in [3.05, 3.63) is 63.1 Å². The van der Waals surface area contributed by atoms with Crippen LogP contribution in [0.5, 0.6) is 5.75 Å². The summed E-state index contributed by atoms with van der Waals surface area (Å²) in [4.78, 5) is 0. The van der Waals surface area contributed by atoms with E-state index < -0.39 is 0 Å². The summed E-state index contributed by atoms with van der Waals surface area (Å²) in [6.07, 6.45) is 0.652. The minimum absolute atomic E-state index is 0.0736. The van der Waals surface area contributed by atoms with Crippen molar-refractivity contribution < 1.29 is 4.74 Å². The molecule has 1 atom stereocenters. The molecule has 0 heterocycles. The summed E-state index contributed by atoms with van der Waals surface area (Å²) < 4.78 is 5.37. The van der Waals surface area contributed by atoms with Crippen LogP contribution in [0.15, 0.2) is 36.4 Å². The lowest BCUT2D eigenvalue weighted by Crippen LogP contribution is -2.29. The third-order valence-corrected chi connectivity index (χ3v) is 4.11. The number of benzene rings is 2. The first kappa shape index (κ1) is 16.1. The molecular formula is C16H18Cl2N2O. The Labute approximate surface area is 135 Å². The van der Waals surface area contributed by atoms with Crippen molar-refractivity contribution in [3.63, 3.8) is 0 Å². The molecule has 112 valence electrons. The Morgan fingerprint density at radius 3 is 2.57 bits per heavy atom. The Kier molecular flexibility index (Phi) is 5.48. The van der Waals surface area contributed by atoms with Gasteiger partial charge in [0, 0.05) is 10.0 Å². The van der Waals surface area contributed by atoms with Gasteiger partial charge in [-0.3, -0.25) is 11.3 Å². The summed E-state index contributed by atoms with van der Waals surface area (Å²) in [6.45, 7) is 1.97. The van der Waals surface area contributed by atoms with Crippen LogP contribution in [0.2, 0.25) is 10.0 Å². The maximum atomic E-state index is 6.19. The van der Waals surface area contributed by atoms with Crippen LogP contribution in [0.3, 0.4) is 0 Å². The van der Waals surface area contributed by atoms with E-state index in [1.54, 1.807) is 13.2 Å². The summed E-state index contributed by atoms with van der Waals surface area (Å²) >= 11 is 12.3. The number of hydrazine groups is 1. The molecule has 0 amide bonds. The number of rotatable bonds is 5. The molecule has 21 heavy (non-hydrogen) atoms. The van der Waals surface area contributed by atoms with Crippen LogP contribution in [0.4, 0.5) is 0 Å². The third kappa shape index (κ3) is 3.89. The number of hydrogen-bond acceptors (Lipinski definition) is 3. The molecule has 0 aromatic heterocycles. The number of aryl methyl sites for hydroxylation is 1. The van der Waals surface area contributed by atoms with E-state index in [9.17, 15) is 0 Å². The van der Waals surface area contributed by atoms with Gasteiger partial charge in [-0.05, 0) is 54.3 Å². The molecule has 5 heteroatoms. The van der Waals surface area contributed by atoms with Gasteiger partial charge in [0.1, 0.15) is 5.75 Å².